The number of ether oxygens (including phenoxy) is 2. The molecule has 5 heteroatoms. The molecular formula is C22H28N2O3. The van der Waals surface area contributed by atoms with Crippen molar-refractivity contribution in [1.29, 1.82) is 0 Å². The van der Waals surface area contributed by atoms with E-state index in [-0.39, 0.29) is 11.8 Å². The molecule has 0 radical (unpaired) electrons. The lowest BCUT2D eigenvalue weighted by atomic mass is 9.91. The Morgan fingerprint density at radius 2 is 1.93 bits per heavy atom. The number of nitrogens with one attached hydrogen (secondary N) is 1. The molecule has 5 nitrogen and oxygen atoms in total. The van der Waals surface area contributed by atoms with Crippen LogP contribution in [0.2, 0.25) is 0 Å². The van der Waals surface area contributed by atoms with E-state index in [0.29, 0.717) is 13.0 Å². The van der Waals surface area contributed by atoms with Crippen molar-refractivity contribution in [1.82, 2.24) is 10.2 Å². The van der Waals surface area contributed by atoms with Crippen LogP contribution >= 0.6 is 0 Å². The average Bonchev–Trinajstić information content (AvgIpc) is 2.73. The van der Waals surface area contributed by atoms with Crippen LogP contribution in [0.25, 0.3) is 0 Å². The molecule has 1 saturated heterocycles. The summed E-state index contributed by atoms with van der Waals surface area (Å²) >= 11 is 0. The second-order valence-corrected chi connectivity index (χ2v) is 6.76. The van der Waals surface area contributed by atoms with E-state index in [4.69, 9.17) is 9.47 Å². The Kier molecular flexibility index (Phi) is 7.25. The molecule has 27 heavy (non-hydrogen) atoms. The van der Waals surface area contributed by atoms with Crippen LogP contribution in [-0.2, 0) is 16.0 Å². The largest absolute Gasteiger partial charge is 0.497 e. The van der Waals surface area contributed by atoms with Gasteiger partial charge in [-0.05, 0) is 29.7 Å². The molecule has 0 aromatic heterocycles. The van der Waals surface area contributed by atoms with Gasteiger partial charge in [-0.1, -0.05) is 42.5 Å². The van der Waals surface area contributed by atoms with Crippen LogP contribution in [0, 0.1) is 0 Å². The number of carbonyl (C=O) groups is 1. The molecule has 1 fully saturated rings. The molecule has 2 aromatic carbocycles. The Bertz CT molecular complexity index is 715. The Labute approximate surface area is 161 Å². The van der Waals surface area contributed by atoms with Crippen LogP contribution in [0.3, 0.4) is 0 Å². The monoisotopic (exact) mass is 368 g/mol. The first-order valence-electron chi connectivity index (χ1n) is 9.52. The standard InChI is InChI=1S/C22H28N2O3/c1-26-20-9-5-8-19(17-20)21(16-18-6-3-2-4-7-18)22(25)23-10-11-24-12-14-27-15-13-24/h2-9,17,21H,10-16H2,1H3,(H,23,25). The third kappa shape index (κ3) is 5.81. The Morgan fingerprint density at radius 1 is 1.15 bits per heavy atom. The van der Waals surface area contributed by atoms with E-state index in [0.717, 1.165) is 49.7 Å². The predicted molar refractivity (Wildman–Crippen MR) is 106 cm³/mol. The summed E-state index contributed by atoms with van der Waals surface area (Å²) in [5.74, 6) is 0.583. The van der Waals surface area contributed by atoms with Crippen LogP contribution in [0.5, 0.6) is 5.75 Å². The first-order valence-corrected chi connectivity index (χ1v) is 9.52. The SMILES string of the molecule is COc1cccc(C(Cc2ccccc2)C(=O)NCCN2CCOCC2)c1. The summed E-state index contributed by atoms with van der Waals surface area (Å²) in [6.07, 6.45) is 0.664. The molecule has 1 heterocycles. The van der Waals surface area contributed by atoms with Crippen molar-refractivity contribution >= 4 is 5.91 Å². The number of methoxy groups -OCH3 is 1. The van der Waals surface area contributed by atoms with Gasteiger partial charge in [0.1, 0.15) is 5.75 Å². The van der Waals surface area contributed by atoms with Gasteiger partial charge in [-0.3, -0.25) is 9.69 Å². The molecule has 144 valence electrons. The predicted octanol–water partition coefficient (Wildman–Crippen LogP) is 2.47. The van der Waals surface area contributed by atoms with Crippen molar-refractivity contribution < 1.29 is 14.3 Å². The van der Waals surface area contributed by atoms with Crippen molar-refractivity contribution in [3.05, 3.63) is 65.7 Å². The van der Waals surface area contributed by atoms with Crippen molar-refractivity contribution in [3.8, 4) is 5.75 Å². The lowest BCUT2D eigenvalue weighted by Gasteiger charge is -2.27. The number of nitrogens with zero attached hydrogens (tertiary/aromatic N) is 1. The zero-order valence-corrected chi connectivity index (χ0v) is 15.9. The van der Waals surface area contributed by atoms with Crippen LogP contribution in [0.1, 0.15) is 17.0 Å². The van der Waals surface area contributed by atoms with Gasteiger partial charge in [-0.15, -0.1) is 0 Å². The minimum Gasteiger partial charge on any atom is -0.497 e. The number of amides is 1. The molecule has 1 aliphatic heterocycles. The zero-order chi connectivity index (χ0) is 18.9. The van der Waals surface area contributed by atoms with Gasteiger partial charge in [0.2, 0.25) is 5.91 Å². The fraction of sp³-hybridized carbons (Fsp3) is 0.409. The third-order valence-corrected chi connectivity index (χ3v) is 4.93. The number of benzene rings is 2. The summed E-state index contributed by atoms with van der Waals surface area (Å²) in [7, 11) is 1.65. The highest BCUT2D eigenvalue weighted by Gasteiger charge is 2.22. The molecule has 0 bridgehead atoms. The minimum absolute atomic E-state index is 0.0559. The van der Waals surface area contributed by atoms with Gasteiger partial charge >= 0.3 is 0 Å². The Balaban J connectivity index is 1.67. The molecular weight excluding hydrogens is 340 g/mol. The van der Waals surface area contributed by atoms with Crippen LogP contribution in [-0.4, -0.2) is 57.3 Å². The van der Waals surface area contributed by atoms with E-state index in [1.54, 1.807) is 7.11 Å². The van der Waals surface area contributed by atoms with E-state index in [1.165, 1.54) is 0 Å². The van der Waals surface area contributed by atoms with Gasteiger partial charge in [0.25, 0.3) is 0 Å². The average molecular weight is 368 g/mol. The highest BCUT2D eigenvalue weighted by atomic mass is 16.5. The topological polar surface area (TPSA) is 50.8 Å². The molecule has 0 aliphatic carbocycles. The van der Waals surface area contributed by atoms with E-state index >= 15 is 0 Å². The van der Waals surface area contributed by atoms with E-state index < -0.39 is 0 Å². The number of hydrogen-bond acceptors (Lipinski definition) is 4. The maximum absolute atomic E-state index is 13.0. The number of rotatable bonds is 8. The Morgan fingerprint density at radius 3 is 2.67 bits per heavy atom. The van der Waals surface area contributed by atoms with E-state index in [2.05, 4.69) is 22.3 Å². The lowest BCUT2D eigenvalue weighted by molar-refractivity contribution is -0.122. The smallest absolute Gasteiger partial charge is 0.227 e. The molecule has 3 rings (SSSR count). The molecule has 0 saturated carbocycles. The summed E-state index contributed by atoms with van der Waals surface area (Å²) in [6, 6.07) is 17.9. The van der Waals surface area contributed by atoms with Gasteiger partial charge in [-0.25, -0.2) is 0 Å². The van der Waals surface area contributed by atoms with Gasteiger partial charge in [0.15, 0.2) is 0 Å². The maximum Gasteiger partial charge on any atom is 0.227 e. The van der Waals surface area contributed by atoms with Gasteiger partial charge < -0.3 is 14.8 Å². The summed E-state index contributed by atoms with van der Waals surface area (Å²) in [6.45, 7) is 4.90. The molecule has 0 spiro atoms. The number of hydrogen-bond donors (Lipinski definition) is 1. The third-order valence-electron chi connectivity index (χ3n) is 4.93. The molecule has 1 atom stereocenters. The quantitative estimate of drug-likeness (QED) is 0.778. The van der Waals surface area contributed by atoms with E-state index in [9.17, 15) is 4.79 Å². The van der Waals surface area contributed by atoms with Gasteiger partial charge in [-0.2, -0.15) is 0 Å². The summed E-state index contributed by atoms with van der Waals surface area (Å²) in [4.78, 5) is 15.3. The Hall–Kier alpha value is -2.37. The summed E-state index contributed by atoms with van der Waals surface area (Å²) in [5.41, 5.74) is 2.12. The molecule has 1 N–H and O–H groups in total. The minimum atomic E-state index is -0.243. The van der Waals surface area contributed by atoms with Gasteiger partial charge in [0.05, 0.1) is 26.2 Å². The highest BCUT2D eigenvalue weighted by molar-refractivity contribution is 5.84. The normalized spacial score (nSPS) is 15.9. The fourth-order valence-corrected chi connectivity index (χ4v) is 3.36. The zero-order valence-electron chi connectivity index (χ0n) is 15.9. The first-order chi connectivity index (χ1) is 13.3. The van der Waals surface area contributed by atoms with Gasteiger partial charge in [0, 0.05) is 26.2 Å². The summed E-state index contributed by atoms with van der Waals surface area (Å²) < 4.78 is 10.7. The van der Waals surface area contributed by atoms with Crippen molar-refractivity contribution in [2.45, 2.75) is 12.3 Å². The molecule has 2 aromatic rings. The fourth-order valence-electron chi connectivity index (χ4n) is 3.36. The van der Waals surface area contributed by atoms with Crippen molar-refractivity contribution in [2.24, 2.45) is 0 Å². The lowest BCUT2D eigenvalue weighted by Crippen LogP contribution is -2.42. The molecule has 1 amide bonds. The van der Waals surface area contributed by atoms with Crippen molar-refractivity contribution in [2.75, 3.05) is 46.5 Å². The first kappa shape index (κ1) is 19.4. The second kappa shape index (κ2) is 10.1. The maximum atomic E-state index is 13.0. The van der Waals surface area contributed by atoms with E-state index in [1.807, 2.05) is 42.5 Å². The highest BCUT2D eigenvalue weighted by Crippen LogP contribution is 2.25. The summed E-state index contributed by atoms with van der Waals surface area (Å²) in [5, 5.41) is 3.12. The van der Waals surface area contributed by atoms with Crippen LogP contribution in [0.15, 0.2) is 54.6 Å². The second-order valence-electron chi connectivity index (χ2n) is 6.76. The van der Waals surface area contributed by atoms with Crippen molar-refractivity contribution in [3.63, 3.8) is 0 Å². The van der Waals surface area contributed by atoms with Crippen LogP contribution < -0.4 is 10.1 Å². The molecule has 1 unspecified atom stereocenters. The number of morpholine rings is 1. The molecule has 1 aliphatic rings. The van der Waals surface area contributed by atoms with Crippen LogP contribution in [0.4, 0.5) is 0 Å². The number of carbonyl (C=O) groups excluding carboxylic acids is 1.